The summed E-state index contributed by atoms with van der Waals surface area (Å²) in [7, 11) is 0. The highest BCUT2D eigenvalue weighted by Gasteiger charge is 2.16. The highest BCUT2D eigenvalue weighted by Crippen LogP contribution is 2.18. The molecule has 0 bridgehead atoms. The first-order valence-electron chi connectivity index (χ1n) is 4.96. The molecule has 2 heteroatoms. The highest BCUT2D eigenvalue weighted by molar-refractivity contribution is 5.93. The molecule has 0 aromatic rings. The number of nitrogens with one attached hydrogen (secondary N) is 1. The summed E-state index contributed by atoms with van der Waals surface area (Å²) in [5.74, 6) is 0.132. The van der Waals surface area contributed by atoms with Gasteiger partial charge >= 0.3 is 0 Å². The maximum atomic E-state index is 11.5. The van der Waals surface area contributed by atoms with Gasteiger partial charge in [0.25, 0.3) is 0 Å². The molecule has 0 unspecified atom stereocenters. The van der Waals surface area contributed by atoms with Gasteiger partial charge in [0.1, 0.15) is 0 Å². The molecule has 1 rings (SSSR count). The van der Waals surface area contributed by atoms with E-state index in [0.717, 1.165) is 31.4 Å². The zero-order valence-corrected chi connectivity index (χ0v) is 8.81. The maximum Gasteiger partial charge on any atom is 0.246 e. The number of rotatable bonds is 2. The van der Waals surface area contributed by atoms with E-state index < -0.39 is 0 Å². The van der Waals surface area contributed by atoms with Crippen LogP contribution in [0.4, 0.5) is 0 Å². The molecule has 0 heterocycles. The average Bonchev–Trinajstić information content (AvgIpc) is 2.50. The first-order valence-corrected chi connectivity index (χ1v) is 4.96. The monoisotopic (exact) mass is 181 g/mol. The molecule has 13 heavy (non-hydrogen) atoms. The van der Waals surface area contributed by atoms with E-state index in [1.807, 2.05) is 0 Å². The third-order valence-corrected chi connectivity index (χ3v) is 2.11. The minimum atomic E-state index is 0.132. The lowest BCUT2D eigenvalue weighted by Crippen LogP contribution is -2.32. The second-order valence-electron chi connectivity index (χ2n) is 4.86. The molecular weight excluding hydrogens is 162 g/mol. The number of allylic oxidation sites excluding steroid dienone is 1. The van der Waals surface area contributed by atoms with E-state index in [1.54, 1.807) is 0 Å². The molecule has 1 amide bonds. The summed E-state index contributed by atoms with van der Waals surface area (Å²) in [6.07, 6.45) is 5.21. The molecule has 1 aliphatic carbocycles. The van der Waals surface area contributed by atoms with Crippen molar-refractivity contribution < 1.29 is 4.79 Å². The average molecular weight is 181 g/mol. The Morgan fingerprint density at radius 2 is 2.23 bits per heavy atom. The summed E-state index contributed by atoms with van der Waals surface area (Å²) in [4.78, 5) is 11.5. The van der Waals surface area contributed by atoms with Gasteiger partial charge in [-0.25, -0.2) is 0 Å². The summed E-state index contributed by atoms with van der Waals surface area (Å²) in [5.41, 5.74) is 1.15. The summed E-state index contributed by atoms with van der Waals surface area (Å²) in [6, 6.07) is 0. The number of carbonyl (C=O) groups excluding carboxylic acids is 1. The fourth-order valence-corrected chi connectivity index (χ4v) is 1.34. The van der Waals surface area contributed by atoms with E-state index in [1.165, 1.54) is 0 Å². The molecule has 0 fully saturated rings. The Labute approximate surface area is 80.4 Å². The van der Waals surface area contributed by atoms with E-state index in [9.17, 15) is 4.79 Å². The van der Waals surface area contributed by atoms with Crippen LogP contribution in [-0.4, -0.2) is 12.5 Å². The van der Waals surface area contributed by atoms with E-state index in [0.29, 0.717) is 0 Å². The maximum absolute atomic E-state index is 11.5. The summed E-state index contributed by atoms with van der Waals surface area (Å²) in [6.45, 7) is 7.12. The van der Waals surface area contributed by atoms with Crippen molar-refractivity contribution in [1.29, 1.82) is 0 Å². The molecule has 74 valence electrons. The number of amides is 1. The van der Waals surface area contributed by atoms with Crippen molar-refractivity contribution in [2.75, 3.05) is 6.54 Å². The highest BCUT2D eigenvalue weighted by atomic mass is 16.1. The predicted molar refractivity (Wildman–Crippen MR) is 54.4 cm³/mol. The Morgan fingerprint density at radius 3 is 2.69 bits per heavy atom. The molecular formula is C11H19NO. The van der Waals surface area contributed by atoms with Gasteiger partial charge in [-0.2, -0.15) is 0 Å². The van der Waals surface area contributed by atoms with Crippen molar-refractivity contribution in [3.63, 3.8) is 0 Å². The fraction of sp³-hybridized carbons (Fsp3) is 0.727. The lowest BCUT2D eigenvalue weighted by molar-refractivity contribution is -0.118. The van der Waals surface area contributed by atoms with Gasteiger partial charge in [0.05, 0.1) is 0 Å². The molecule has 0 saturated carbocycles. The lowest BCUT2D eigenvalue weighted by Gasteiger charge is -2.18. The van der Waals surface area contributed by atoms with Crippen molar-refractivity contribution in [3.05, 3.63) is 11.6 Å². The van der Waals surface area contributed by atoms with Gasteiger partial charge in [-0.1, -0.05) is 26.8 Å². The number of hydrogen-bond acceptors (Lipinski definition) is 1. The smallest absolute Gasteiger partial charge is 0.246 e. The standard InChI is InChI=1S/C11H19NO/c1-11(2,3)8-12-10(13)9-6-4-5-7-9/h6H,4-5,7-8H2,1-3H3,(H,12,13). The Hall–Kier alpha value is -0.790. The van der Waals surface area contributed by atoms with Crippen LogP contribution in [0.2, 0.25) is 0 Å². The topological polar surface area (TPSA) is 29.1 Å². The van der Waals surface area contributed by atoms with Crippen molar-refractivity contribution >= 4 is 5.91 Å². The SMILES string of the molecule is CC(C)(C)CNC(=O)C1=CCCC1. The van der Waals surface area contributed by atoms with Crippen molar-refractivity contribution in [2.45, 2.75) is 40.0 Å². The number of carbonyl (C=O) groups is 1. The fourth-order valence-electron chi connectivity index (χ4n) is 1.34. The Bertz CT molecular complexity index is 223. The molecule has 0 aromatic heterocycles. The van der Waals surface area contributed by atoms with Crippen molar-refractivity contribution in [2.24, 2.45) is 5.41 Å². The van der Waals surface area contributed by atoms with Gasteiger partial charge in [0.15, 0.2) is 0 Å². The van der Waals surface area contributed by atoms with Gasteiger partial charge in [0.2, 0.25) is 5.91 Å². The molecule has 1 N–H and O–H groups in total. The summed E-state index contributed by atoms with van der Waals surface area (Å²) >= 11 is 0. The molecule has 0 radical (unpaired) electrons. The normalized spacial score (nSPS) is 17.0. The minimum absolute atomic E-state index is 0.132. The molecule has 2 nitrogen and oxygen atoms in total. The third-order valence-electron chi connectivity index (χ3n) is 2.11. The number of hydrogen-bond donors (Lipinski definition) is 1. The molecule has 0 saturated heterocycles. The van der Waals surface area contributed by atoms with Crippen LogP contribution in [0.5, 0.6) is 0 Å². The largest absolute Gasteiger partial charge is 0.352 e. The van der Waals surface area contributed by atoms with Crippen LogP contribution in [0.25, 0.3) is 0 Å². The second-order valence-corrected chi connectivity index (χ2v) is 4.86. The van der Waals surface area contributed by atoms with E-state index in [4.69, 9.17) is 0 Å². The van der Waals surface area contributed by atoms with Crippen LogP contribution in [0.3, 0.4) is 0 Å². The second kappa shape index (κ2) is 3.95. The Kier molecular flexibility index (Phi) is 3.12. The summed E-state index contributed by atoms with van der Waals surface area (Å²) < 4.78 is 0. The van der Waals surface area contributed by atoms with Crippen LogP contribution >= 0.6 is 0 Å². The lowest BCUT2D eigenvalue weighted by atomic mass is 9.97. The van der Waals surface area contributed by atoms with Crippen molar-refractivity contribution in [3.8, 4) is 0 Å². The minimum Gasteiger partial charge on any atom is -0.352 e. The zero-order chi connectivity index (χ0) is 9.90. The van der Waals surface area contributed by atoms with Crippen LogP contribution in [0.15, 0.2) is 11.6 Å². The molecule has 0 aromatic carbocycles. The van der Waals surface area contributed by atoms with Gasteiger partial charge in [0, 0.05) is 12.1 Å². The van der Waals surface area contributed by atoms with Crippen LogP contribution in [0, 0.1) is 5.41 Å². The Balaban J connectivity index is 2.33. The zero-order valence-electron chi connectivity index (χ0n) is 8.81. The first-order chi connectivity index (χ1) is 5.99. The quantitative estimate of drug-likeness (QED) is 0.695. The summed E-state index contributed by atoms with van der Waals surface area (Å²) in [5, 5.41) is 2.96. The van der Waals surface area contributed by atoms with E-state index in [2.05, 4.69) is 32.2 Å². The van der Waals surface area contributed by atoms with Gasteiger partial charge in [-0.15, -0.1) is 0 Å². The van der Waals surface area contributed by atoms with E-state index >= 15 is 0 Å². The Morgan fingerprint density at radius 1 is 1.54 bits per heavy atom. The van der Waals surface area contributed by atoms with Gasteiger partial charge < -0.3 is 5.32 Å². The molecule has 1 aliphatic rings. The van der Waals surface area contributed by atoms with E-state index in [-0.39, 0.29) is 11.3 Å². The van der Waals surface area contributed by atoms with Crippen LogP contribution in [0.1, 0.15) is 40.0 Å². The van der Waals surface area contributed by atoms with Crippen molar-refractivity contribution in [1.82, 2.24) is 5.32 Å². The van der Waals surface area contributed by atoms with Crippen LogP contribution in [-0.2, 0) is 4.79 Å². The van der Waals surface area contributed by atoms with Crippen LogP contribution < -0.4 is 5.32 Å². The third kappa shape index (κ3) is 3.62. The van der Waals surface area contributed by atoms with Gasteiger partial charge in [-0.3, -0.25) is 4.79 Å². The molecule has 0 spiro atoms. The first kappa shape index (κ1) is 10.3. The predicted octanol–water partition coefficient (Wildman–Crippen LogP) is 2.26. The molecule has 0 aliphatic heterocycles. The molecule has 0 atom stereocenters. The van der Waals surface area contributed by atoms with Gasteiger partial charge in [-0.05, 0) is 24.7 Å².